The van der Waals surface area contributed by atoms with Crippen LogP contribution in [0.5, 0.6) is 5.75 Å². The third kappa shape index (κ3) is 7.61. The quantitative estimate of drug-likeness (QED) is 0.367. The second-order valence-electron chi connectivity index (χ2n) is 5.79. The Balaban J connectivity index is 1.83. The van der Waals surface area contributed by atoms with Gasteiger partial charge in [0.2, 0.25) is 0 Å². The molecule has 1 aromatic carbocycles. The van der Waals surface area contributed by atoms with Crippen molar-refractivity contribution in [2.75, 3.05) is 33.4 Å². The second kappa shape index (κ2) is 12.0. The van der Waals surface area contributed by atoms with Crippen molar-refractivity contribution in [3.63, 3.8) is 0 Å². The number of ether oxygens (including phenoxy) is 2. The van der Waals surface area contributed by atoms with Gasteiger partial charge in [-0.3, -0.25) is 0 Å². The Hall–Kier alpha value is -2.47. The third-order valence-electron chi connectivity index (χ3n) is 3.67. The van der Waals surface area contributed by atoms with Crippen LogP contribution in [0.3, 0.4) is 0 Å². The maximum Gasteiger partial charge on any atom is 0.191 e. The Bertz CT molecular complexity index is 642. The maximum absolute atomic E-state index is 5.74. The van der Waals surface area contributed by atoms with Gasteiger partial charge in [-0.2, -0.15) is 0 Å². The van der Waals surface area contributed by atoms with Crippen LogP contribution >= 0.6 is 0 Å². The van der Waals surface area contributed by atoms with Gasteiger partial charge in [-0.25, -0.2) is 4.99 Å². The Kier molecular flexibility index (Phi) is 9.14. The molecule has 2 N–H and O–H groups in total. The molecule has 1 aromatic heterocycles. The van der Waals surface area contributed by atoms with Crippen molar-refractivity contribution in [1.29, 1.82) is 0 Å². The van der Waals surface area contributed by atoms with E-state index in [0.29, 0.717) is 19.8 Å². The predicted octanol–water partition coefficient (Wildman–Crippen LogP) is 2.99. The topological polar surface area (TPSA) is 68.0 Å². The highest BCUT2D eigenvalue weighted by atomic mass is 16.5. The van der Waals surface area contributed by atoms with E-state index in [-0.39, 0.29) is 0 Å². The van der Waals surface area contributed by atoms with Gasteiger partial charge in [-0.05, 0) is 36.8 Å². The van der Waals surface area contributed by atoms with Crippen LogP contribution in [0.1, 0.15) is 24.7 Å². The van der Waals surface area contributed by atoms with Crippen molar-refractivity contribution >= 4 is 5.96 Å². The summed E-state index contributed by atoms with van der Waals surface area (Å²) in [6, 6.07) is 11.9. The zero-order chi connectivity index (χ0) is 18.5. The van der Waals surface area contributed by atoms with Crippen LogP contribution in [0.4, 0.5) is 0 Å². The Labute approximate surface area is 155 Å². The molecular formula is C20H29N3O3. The standard InChI is InChI=1S/C20H29N3O3/c1-3-21-20(22-11-10-18-9-5-13-25-18)23-16-17-7-4-8-19(15-17)26-14-6-12-24-2/h4-5,7-9,13,15H,3,6,10-12,14,16H2,1-2H3,(H2,21,22,23). The zero-order valence-electron chi connectivity index (χ0n) is 15.7. The van der Waals surface area contributed by atoms with Crippen molar-refractivity contribution in [1.82, 2.24) is 10.6 Å². The zero-order valence-corrected chi connectivity index (χ0v) is 15.7. The van der Waals surface area contributed by atoms with Crippen molar-refractivity contribution in [2.24, 2.45) is 4.99 Å². The first-order valence-electron chi connectivity index (χ1n) is 9.07. The average molecular weight is 359 g/mol. The summed E-state index contributed by atoms with van der Waals surface area (Å²) in [7, 11) is 1.70. The molecule has 1 heterocycles. The molecule has 0 aliphatic rings. The van der Waals surface area contributed by atoms with Gasteiger partial charge in [0.05, 0.1) is 19.4 Å². The summed E-state index contributed by atoms with van der Waals surface area (Å²) in [6.07, 6.45) is 3.39. The molecule has 0 radical (unpaired) electrons. The van der Waals surface area contributed by atoms with Gasteiger partial charge in [-0.15, -0.1) is 0 Å². The van der Waals surface area contributed by atoms with Crippen molar-refractivity contribution in [3.8, 4) is 5.75 Å². The van der Waals surface area contributed by atoms with Gasteiger partial charge in [0.25, 0.3) is 0 Å². The molecule has 2 rings (SSSR count). The number of rotatable bonds is 11. The first-order chi connectivity index (χ1) is 12.8. The van der Waals surface area contributed by atoms with Gasteiger partial charge in [-0.1, -0.05) is 12.1 Å². The number of nitrogens with one attached hydrogen (secondary N) is 2. The van der Waals surface area contributed by atoms with Gasteiger partial charge in [0, 0.05) is 39.6 Å². The lowest BCUT2D eigenvalue weighted by molar-refractivity contribution is 0.172. The lowest BCUT2D eigenvalue weighted by Crippen LogP contribution is -2.38. The van der Waals surface area contributed by atoms with Crippen molar-refractivity contribution < 1.29 is 13.9 Å². The number of nitrogens with zero attached hydrogens (tertiary/aromatic N) is 1. The number of guanidine groups is 1. The van der Waals surface area contributed by atoms with Gasteiger partial charge < -0.3 is 24.5 Å². The number of methoxy groups -OCH3 is 1. The Morgan fingerprint density at radius 3 is 2.85 bits per heavy atom. The number of hydrogen-bond donors (Lipinski definition) is 2. The molecule has 2 aromatic rings. The van der Waals surface area contributed by atoms with Crippen LogP contribution in [-0.4, -0.2) is 39.4 Å². The molecular weight excluding hydrogens is 330 g/mol. The fourth-order valence-electron chi connectivity index (χ4n) is 2.40. The summed E-state index contributed by atoms with van der Waals surface area (Å²) in [6.45, 7) is 5.58. The highest BCUT2D eigenvalue weighted by Gasteiger charge is 2.01. The largest absolute Gasteiger partial charge is 0.493 e. The first-order valence-corrected chi connectivity index (χ1v) is 9.07. The van der Waals surface area contributed by atoms with E-state index in [1.54, 1.807) is 13.4 Å². The SMILES string of the molecule is CCNC(=NCc1cccc(OCCCOC)c1)NCCc1ccco1. The minimum Gasteiger partial charge on any atom is -0.493 e. The molecule has 0 unspecified atom stereocenters. The number of hydrogen-bond acceptors (Lipinski definition) is 4. The van der Waals surface area contributed by atoms with Gasteiger partial charge in [0.15, 0.2) is 5.96 Å². The van der Waals surface area contributed by atoms with E-state index in [2.05, 4.69) is 28.6 Å². The van der Waals surface area contributed by atoms with E-state index in [1.807, 2.05) is 30.3 Å². The smallest absolute Gasteiger partial charge is 0.191 e. The predicted molar refractivity (Wildman–Crippen MR) is 104 cm³/mol. The van der Waals surface area contributed by atoms with Crippen LogP contribution < -0.4 is 15.4 Å². The molecule has 0 fully saturated rings. The molecule has 142 valence electrons. The van der Waals surface area contributed by atoms with E-state index < -0.39 is 0 Å². The maximum atomic E-state index is 5.74. The van der Waals surface area contributed by atoms with Gasteiger partial charge >= 0.3 is 0 Å². The van der Waals surface area contributed by atoms with Gasteiger partial charge in [0.1, 0.15) is 11.5 Å². The second-order valence-corrected chi connectivity index (χ2v) is 5.79. The summed E-state index contributed by atoms with van der Waals surface area (Å²) in [5.74, 6) is 2.63. The monoisotopic (exact) mass is 359 g/mol. The van der Waals surface area contributed by atoms with E-state index in [9.17, 15) is 0 Å². The lowest BCUT2D eigenvalue weighted by Gasteiger charge is -2.11. The normalized spacial score (nSPS) is 11.4. The molecule has 6 nitrogen and oxygen atoms in total. The molecule has 0 bridgehead atoms. The molecule has 0 spiro atoms. The van der Waals surface area contributed by atoms with E-state index >= 15 is 0 Å². The highest BCUT2D eigenvalue weighted by Crippen LogP contribution is 2.14. The molecule has 6 heteroatoms. The van der Waals surface area contributed by atoms with Crippen molar-refractivity contribution in [2.45, 2.75) is 26.3 Å². The molecule has 26 heavy (non-hydrogen) atoms. The molecule has 0 saturated heterocycles. The fourth-order valence-corrected chi connectivity index (χ4v) is 2.40. The summed E-state index contributed by atoms with van der Waals surface area (Å²) >= 11 is 0. The van der Waals surface area contributed by atoms with Crippen LogP contribution in [-0.2, 0) is 17.7 Å². The van der Waals surface area contributed by atoms with Crippen LogP contribution in [0.15, 0.2) is 52.1 Å². The average Bonchev–Trinajstić information content (AvgIpc) is 3.17. The number of aliphatic imine (C=N–C) groups is 1. The Morgan fingerprint density at radius 2 is 2.08 bits per heavy atom. The summed E-state index contributed by atoms with van der Waals surface area (Å²) in [4.78, 5) is 4.64. The fraction of sp³-hybridized carbons (Fsp3) is 0.450. The molecule has 0 aliphatic carbocycles. The molecule has 0 aliphatic heterocycles. The van der Waals surface area contributed by atoms with Crippen molar-refractivity contribution in [3.05, 3.63) is 54.0 Å². The summed E-state index contributed by atoms with van der Waals surface area (Å²) in [5.41, 5.74) is 1.11. The molecule has 0 amide bonds. The highest BCUT2D eigenvalue weighted by molar-refractivity contribution is 5.79. The van der Waals surface area contributed by atoms with Crippen LogP contribution in [0.2, 0.25) is 0 Å². The Morgan fingerprint density at radius 1 is 1.15 bits per heavy atom. The van der Waals surface area contributed by atoms with E-state index in [4.69, 9.17) is 13.9 Å². The number of benzene rings is 1. The lowest BCUT2D eigenvalue weighted by atomic mass is 10.2. The third-order valence-corrected chi connectivity index (χ3v) is 3.67. The first kappa shape index (κ1) is 19.8. The van der Waals surface area contributed by atoms with Crippen LogP contribution in [0.25, 0.3) is 0 Å². The minimum atomic E-state index is 0.589. The number of furan rings is 1. The molecule has 0 atom stereocenters. The summed E-state index contributed by atoms with van der Waals surface area (Å²) < 4.78 is 16.1. The minimum absolute atomic E-state index is 0.589. The van der Waals surface area contributed by atoms with E-state index in [0.717, 1.165) is 49.0 Å². The summed E-state index contributed by atoms with van der Waals surface area (Å²) in [5, 5.41) is 6.58. The van der Waals surface area contributed by atoms with Crippen LogP contribution in [0, 0.1) is 0 Å². The van der Waals surface area contributed by atoms with E-state index in [1.165, 1.54) is 0 Å². The molecule has 0 saturated carbocycles.